The second-order valence-corrected chi connectivity index (χ2v) is 11.6. The number of ether oxygens (including phenoxy) is 4. The van der Waals surface area contributed by atoms with Gasteiger partial charge in [0.15, 0.2) is 13.1 Å². The molecule has 4 aliphatic carbocycles. The Balaban J connectivity index is 1.40. The Labute approximate surface area is 223 Å². The van der Waals surface area contributed by atoms with Crippen LogP contribution >= 0.6 is 0 Å². The van der Waals surface area contributed by atoms with Crippen LogP contribution in [0.15, 0.2) is 48.5 Å². The fourth-order valence-electron chi connectivity index (χ4n) is 7.69. The molecule has 4 aliphatic rings. The smallest absolute Gasteiger partial charge is 0.341 e. The molecule has 4 fully saturated rings. The molecule has 0 spiro atoms. The lowest BCUT2D eigenvalue weighted by molar-refractivity contribution is -0.150. The fourth-order valence-corrected chi connectivity index (χ4v) is 7.69. The third-order valence-electron chi connectivity index (χ3n) is 9.13. The fraction of sp³-hybridized carbons (Fsp3) is 0.469. The van der Waals surface area contributed by atoms with Gasteiger partial charge in [-0.05, 0) is 121 Å². The lowest BCUT2D eigenvalue weighted by Gasteiger charge is -2.57. The Morgan fingerprint density at radius 3 is 2.21 bits per heavy atom. The molecular formula is C32H36O6. The molecule has 6 nitrogen and oxygen atoms in total. The average Bonchev–Trinajstić information content (AvgIpc) is 2.91. The van der Waals surface area contributed by atoms with E-state index in [0.717, 1.165) is 45.4 Å². The number of phenols is 1. The van der Waals surface area contributed by atoms with E-state index in [2.05, 4.69) is 24.3 Å². The maximum atomic E-state index is 11.9. The molecule has 0 aliphatic heterocycles. The average molecular weight is 517 g/mol. The van der Waals surface area contributed by atoms with Crippen molar-refractivity contribution in [3.05, 3.63) is 59.7 Å². The van der Waals surface area contributed by atoms with E-state index < -0.39 is 5.97 Å². The highest BCUT2D eigenvalue weighted by Crippen LogP contribution is 2.62. The molecule has 38 heavy (non-hydrogen) atoms. The summed E-state index contributed by atoms with van der Waals surface area (Å²) in [5, 5.41) is 12.7. The second-order valence-electron chi connectivity index (χ2n) is 11.6. The van der Waals surface area contributed by atoms with Crippen LogP contribution in [0.2, 0.25) is 0 Å². The van der Waals surface area contributed by atoms with Gasteiger partial charge in [0.1, 0.15) is 17.1 Å². The monoisotopic (exact) mass is 516 g/mol. The van der Waals surface area contributed by atoms with E-state index in [1.165, 1.54) is 51.2 Å². The van der Waals surface area contributed by atoms with Crippen LogP contribution in [0.3, 0.4) is 0 Å². The van der Waals surface area contributed by atoms with E-state index in [0.29, 0.717) is 0 Å². The first-order valence-corrected chi connectivity index (χ1v) is 13.6. The van der Waals surface area contributed by atoms with Crippen LogP contribution in [0.4, 0.5) is 0 Å². The van der Waals surface area contributed by atoms with Gasteiger partial charge in [-0.25, -0.2) is 4.79 Å². The molecule has 3 aromatic rings. The Kier molecular flexibility index (Phi) is 6.57. The number of hydrogen-bond acceptors (Lipinski definition) is 6. The molecule has 6 heteroatoms. The number of hydrogen-bond donors (Lipinski definition) is 1. The molecule has 0 saturated heterocycles. The Hall–Kier alpha value is -3.09. The van der Waals surface area contributed by atoms with Crippen LogP contribution in [-0.2, 0) is 19.6 Å². The van der Waals surface area contributed by atoms with E-state index in [1.807, 2.05) is 19.1 Å². The van der Waals surface area contributed by atoms with Crippen LogP contribution in [0.1, 0.15) is 61.4 Å². The first kappa shape index (κ1) is 25.2. The lowest BCUT2D eigenvalue weighted by Crippen LogP contribution is -2.48. The first-order chi connectivity index (χ1) is 18.4. The topological polar surface area (TPSA) is 74.2 Å². The van der Waals surface area contributed by atoms with E-state index in [9.17, 15) is 9.90 Å². The summed E-state index contributed by atoms with van der Waals surface area (Å²) in [5.74, 6) is 2.73. The van der Waals surface area contributed by atoms with E-state index in [4.69, 9.17) is 18.9 Å². The minimum Gasteiger partial charge on any atom is -0.507 e. The largest absolute Gasteiger partial charge is 0.507 e. The Bertz CT molecular complexity index is 1330. The van der Waals surface area contributed by atoms with Crippen molar-refractivity contribution in [2.45, 2.75) is 57.2 Å². The van der Waals surface area contributed by atoms with Crippen LogP contribution in [0, 0.1) is 17.8 Å². The molecule has 0 amide bonds. The van der Waals surface area contributed by atoms with Gasteiger partial charge in [-0.1, -0.05) is 18.2 Å². The van der Waals surface area contributed by atoms with Gasteiger partial charge in [-0.3, -0.25) is 0 Å². The number of carbonyl (C=O) groups is 1. The number of fused-ring (bicyclic) bond motifs is 1. The van der Waals surface area contributed by atoms with Crippen molar-refractivity contribution in [1.29, 1.82) is 0 Å². The van der Waals surface area contributed by atoms with E-state index >= 15 is 0 Å². The van der Waals surface area contributed by atoms with Crippen LogP contribution < -0.4 is 4.74 Å². The summed E-state index contributed by atoms with van der Waals surface area (Å²) < 4.78 is 22.0. The summed E-state index contributed by atoms with van der Waals surface area (Å²) in [6, 6.07) is 15.9. The molecular weight excluding hydrogens is 480 g/mol. The van der Waals surface area contributed by atoms with Crippen LogP contribution in [-0.4, -0.2) is 38.4 Å². The van der Waals surface area contributed by atoms with Crippen molar-refractivity contribution in [3.63, 3.8) is 0 Å². The molecule has 1 N–H and O–H groups in total. The van der Waals surface area contributed by atoms with Gasteiger partial charge >= 0.3 is 5.97 Å². The number of esters is 1. The molecule has 1 unspecified atom stereocenters. The third kappa shape index (κ3) is 4.54. The molecule has 0 radical (unpaired) electrons. The second kappa shape index (κ2) is 9.90. The lowest BCUT2D eigenvalue weighted by atomic mass is 9.48. The van der Waals surface area contributed by atoms with Gasteiger partial charge in [-0.2, -0.15) is 0 Å². The van der Waals surface area contributed by atoms with E-state index in [-0.39, 0.29) is 29.8 Å². The summed E-state index contributed by atoms with van der Waals surface area (Å²) in [4.78, 5) is 11.9. The van der Waals surface area contributed by atoms with Crippen molar-refractivity contribution in [2.75, 3.05) is 21.0 Å². The summed E-state index contributed by atoms with van der Waals surface area (Å²) >= 11 is 0. The predicted molar refractivity (Wildman–Crippen MR) is 145 cm³/mol. The molecule has 0 heterocycles. The maximum Gasteiger partial charge on any atom is 0.341 e. The highest BCUT2D eigenvalue weighted by Gasteiger charge is 2.52. The predicted octanol–water partition coefficient (Wildman–Crippen LogP) is 6.81. The molecule has 4 saturated carbocycles. The first-order valence-electron chi connectivity index (χ1n) is 13.6. The zero-order chi connectivity index (χ0) is 26.4. The van der Waals surface area contributed by atoms with Gasteiger partial charge < -0.3 is 24.1 Å². The minimum absolute atomic E-state index is 0.0854. The third-order valence-corrected chi connectivity index (χ3v) is 9.13. The molecule has 4 bridgehead atoms. The standard InChI is InChI=1S/C32H36O6/c1-19(35-2)37-18-38-30-14-25-5-4-23(24-6-7-27(29(33)13-24)31(34)36-3)11-26(25)12-28(30)32-15-20-8-21(16-32)10-22(9-20)17-32/h4-7,11-14,19-22,33H,8-10,15-18H2,1-3H3. The van der Waals surface area contributed by atoms with Gasteiger partial charge in [0.2, 0.25) is 0 Å². The molecule has 3 aromatic carbocycles. The SMILES string of the molecule is COC(=O)c1ccc(-c2ccc3cc(OCOC(C)OC)c(C45CC6CC(CC(C6)C4)C5)cc3c2)cc1O. The van der Waals surface area contributed by atoms with Gasteiger partial charge in [-0.15, -0.1) is 0 Å². The molecule has 0 aromatic heterocycles. The zero-order valence-electron chi connectivity index (χ0n) is 22.4. The highest BCUT2D eigenvalue weighted by molar-refractivity contribution is 5.94. The summed E-state index contributed by atoms with van der Waals surface area (Å²) in [5.41, 5.74) is 3.44. The number of aromatic hydroxyl groups is 1. The Morgan fingerprint density at radius 1 is 0.921 bits per heavy atom. The van der Waals surface area contributed by atoms with Crippen molar-refractivity contribution in [2.24, 2.45) is 17.8 Å². The molecule has 1 atom stereocenters. The van der Waals surface area contributed by atoms with Crippen LogP contribution in [0.5, 0.6) is 11.5 Å². The van der Waals surface area contributed by atoms with Crippen molar-refractivity contribution >= 4 is 16.7 Å². The number of phenolic OH excluding ortho intramolecular Hbond substituents is 1. The van der Waals surface area contributed by atoms with Gasteiger partial charge in [0.25, 0.3) is 0 Å². The van der Waals surface area contributed by atoms with E-state index in [1.54, 1.807) is 19.2 Å². The van der Waals surface area contributed by atoms with Crippen molar-refractivity contribution in [1.82, 2.24) is 0 Å². The minimum atomic E-state index is -0.552. The summed E-state index contributed by atoms with van der Waals surface area (Å²) in [6.45, 7) is 2.00. The number of rotatable bonds is 8. The summed E-state index contributed by atoms with van der Waals surface area (Å²) in [7, 11) is 2.94. The molecule has 200 valence electrons. The highest BCUT2D eigenvalue weighted by atomic mass is 16.7. The Morgan fingerprint density at radius 2 is 1.58 bits per heavy atom. The van der Waals surface area contributed by atoms with Gasteiger partial charge in [0, 0.05) is 12.7 Å². The number of benzene rings is 3. The van der Waals surface area contributed by atoms with Crippen molar-refractivity contribution < 1.29 is 28.8 Å². The van der Waals surface area contributed by atoms with Gasteiger partial charge in [0.05, 0.1) is 7.11 Å². The zero-order valence-corrected chi connectivity index (χ0v) is 22.4. The number of carbonyl (C=O) groups excluding carboxylic acids is 1. The normalized spacial score (nSPS) is 26.4. The maximum absolute atomic E-state index is 11.9. The van der Waals surface area contributed by atoms with Crippen molar-refractivity contribution in [3.8, 4) is 22.6 Å². The number of methoxy groups -OCH3 is 2. The van der Waals surface area contributed by atoms with Crippen LogP contribution in [0.25, 0.3) is 21.9 Å². The quantitative estimate of drug-likeness (QED) is 0.262. The molecule has 7 rings (SSSR count). The summed E-state index contributed by atoms with van der Waals surface area (Å²) in [6.07, 6.45) is 7.52.